The van der Waals surface area contributed by atoms with Gasteiger partial charge in [0.25, 0.3) is 0 Å². The Hall–Kier alpha value is -2.13. The second kappa shape index (κ2) is 6.87. The van der Waals surface area contributed by atoms with Gasteiger partial charge in [0.2, 0.25) is 5.91 Å². The molecule has 2 aromatic carbocycles. The van der Waals surface area contributed by atoms with Crippen LogP contribution in [-0.2, 0) is 11.3 Å². The molecule has 0 unspecified atom stereocenters. The van der Waals surface area contributed by atoms with Crippen LogP contribution >= 0.6 is 0 Å². The highest BCUT2D eigenvalue weighted by Crippen LogP contribution is 2.20. The molecule has 3 nitrogen and oxygen atoms in total. The van der Waals surface area contributed by atoms with Gasteiger partial charge in [-0.2, -0.15) is 0 Å². The standard InChI is InChI=1S/C17H20N2O/c1-13-2-6-15(7-3-13)16-8-4-14(5-9-16)12-19-17(20)10-11-18/h2-9H,10-12,18H2,1H3,(H,19,20). The Morgan fingerprint density at radius 1 is 1.00 bits per heavy atom. The van der Waals surface area contributed by atoms with E-state index in [0.717, 1.165) is 5.56 Å². The fraction of sp³-hybridized carbons (Fsp3) is 0.235. The van der Waals surface area contributed by atoms with E-state index in [-0.39, 0.29) is 5.91 Å². The molecule has 0 heterocycles. The number of nitrogens with one attached hydrogen (secondary N) is 1. The quantitative estimate of drug-likeness (QED) is 0.876. The predicted molar refractivity (Wildman–Crippen MR) is 82.1 cm³/mol. The first-order valence-electron chi connectivity index (χ1n) is 6.82. The SMILES string of the molecule is Cc1ccc(-c2ccc(CNC(=O)CCN)cc2)cc1. The monoisotopic (exact) mass is 268 g/mol. The largest absolute Gasteiger partial charge is 0.352 e. The highest BCUT2D eigenvalue weighted by molar-refractivity contribution is 5.76. The van der Waals surface area contributed by atoms with Crippen molar-refractivity contribution in [2.45, 2.75) is 19.9 Å². The molecule has 2 rings (SSSR count). The summed E-state index contributed by atoms with van der Waals surface area (Å²) in [6.45, 7) is 3.02. The molecule has 0 fully saturated rings. The smallest absolute Gasteiger partial charge is 0.221 e. The van der Waals surface area contributed by atoms with Crippen molar-refractivity contribution < 1.29 is 4.79 Å². The summed E-state index contributed by atoms with van der Waals surface area (Å²) in [5.74, 6) is -0.00453. The summed E-state index contributed by atoms with van der Waals surface area (Å²) in [7, 11) is 0. The molecule has 0 saturated heterocycles. The lowest BCUT2D eigenvalue weighted by Gasteiger charge is -2.06. The van der Waals surface area contributed by atoms with E-state index in [4.69, 9.17) is 5.73 Å². The summed E-state index contributed by atoms with van der Waals surface area (Å²) in [4.78, 5) is 11.3. The van der Waals surface area contributed by atoms with Crippen LogP contribution in [-0.4, -0.2) is 12.5 Å². The third kappa shape index (κ3) is 3.93. The number of nitrogens with two attached hydrogens (primary N) is 1. The van der Waals surface area contributed by atoms with Crippen LogP contribution in [0, 0.1) is 6.92 Å². The van der Waals surface area contributed by atoms with Gasteiger partial charge in [0.1, 0.15) is 0 Å². The maximum absolute atomic E-state index is 11.3. The normalized spacial score (nSPS) is 10.3. The van der Waals surface area contributed by atoms with E-state index in [9.17, 15) is 4.79 Å². The Balaban J connectivity index is 1.99. The second-order valence-electron chi connectivity index (χ2n) is 4.88. The number of carbonyl (C=O) groups is 1. The molecule has 0 aliphatic carbocycles. The van der Waals surface area contributed by atoms with Crippen molar-refractivity contribution in [1.82, 2.24) is 5.32 Å². The Labute approximate surface area is 119 Å². The van der Waals surface area contributed by atoms with Gasteiger partial charge in [0, 0.05) is 19.5 Å². The molecule has 1 amide bonds. The Morgan fingerprint density at radius 2 is 1.55 bits per heavy atom. The van der Waals surface area contributed by atoms with Crippen molar-refractivity contribution >= 4 is 5.91 Å². The van der Waals surface area contributed by atoms with Crippen LogP contribution in [0.3, 0.4) is 0 Å². The van der Waals surface area contributed by atoms with Crippen molar-refractivity contribution in [2.24, 2.45) is 5.73 Å². The van der Waals surface area contributed by atoms with Crippen LogP contribution in [0.4, 0.5) is 0 Å². The van der Waals surface area contributed by atoms with Crippen LogP contribution < -0.4 is 11.1 Å². The molecule has 0 aliphatic rings. The van der Waals surface area contributed by atoms with E-state index in [1.807, 2.05) is 12.1 Å². The summed E-state index contributed by atoms with van der Waals surface area (Å²) in [6, 6.07) is 16.7. The zero-order valence-corrected chi connectivity index (χ0v) is 11.7. The van der Waals surface area contributed by atoms with Gasteiger partial charge in [-0.1, -0.05) is 54.1 Å². The van der Waals surface area contributed by atoms with Gasteiger partial charge < -0.3 is 11.1 Å². The minimum Gasteiger partial charge on any atom is -0.352 e. The molecule has 0 spiro atoms. The lowest BCUT2D eigenvalue weighted by Crippen LogP contribution is -2.24. The van der Waals surface area contributed by atoms with Gasteiger partial charge in [0.15, 0.2) is 0 Å². The van der Waals surface area contributed by atoms with E-state index in [1.54, 1.807) is 0 Å². The average molecular weight is 268 g/mol. The van der Waals surface area contributed by atoms with E-state index < -0.39 is 0 Å². The fourth-order valence-electron chi connectivity index (χ4n) is 1.98. The Morgan fingerprint density at radius 3 is 2.10 bits per heavy atom. The zero-order chi connectivity index (χ0) is 14.4. The molecule has 0 aliphatic heterocycles. The lowest BCUT2D eigenvalue weighted by atomic mass is 10.0. The molecule has 0 bridgehead atoms. The van der Waals surface area contributed by atoms with Crippen LogP contribution in [0.2, 0.25) is 0 Å². The molecule has 0 saturated carbocycles. The topological polar surface area (TPSA) is 55.1 Å². The van der Waals surface area contributed by atoms with Gasteiger partial charge in [-0.25, -0.2) is 0 Å². The minimum atomic E-state index is -0.00453. The Kier molecular flexibility index (Phi) is 4.91. The molecule has 104 valence electrons. The van der Waals surface area contributed by atoms with Crippen molar-refractivity contribution in [3.05, 3.63) is 59.7 Å². The summed E-state index contributed by atoms with van der Waals surface area (Å²) < 4.78 is 0. The summed E-state index contributed by atoms with van der Waals surface area (Å²) in [5.41, 5.74) is 10.1. The molecule has 0 aromatic heterocycles. The summed E-state index contributed by atoms with van der Waals surface area (Å²) in [5, 5.41) is 2.85. The van der Waals surface area contributed by atoms with Crippen molar-refractivity contribution in [3.63, 3.8) is 0 Å². The number of aryl methyl sites for hydroxylation is 1. The van der Waals surface area contributed by atoms with Crippen molar-refractivity contribution in [3.8, 4) is 11.1 Å². The third-order valence-corrected chi connectivity index (χ3v) is 3.20. The van der Waals surface area contributed by atoms with Crippen LogP contribution in [0.5, 0.6) is 0 Å². The van der Waals surface area contributed by atoms with Crippen LogP contribution in [0.25, 0.3) is 11.1 Å². The zero-order valence-electron chi connectivity index (χ0n) is 11.7. The van der Waals surface area contributed by atoms with Crippen molar-refractivity contribution in [2.75, 3.05) is 6.54 Å². The highest BCUT2D eigenvalue weighted by Gasteiger charge is 2.01. The highest BCUT2D eigenvalue weighted by atomic mass is 16.1. The van der Waals surface area contributed by atoms with Gasteiger partial charge in [-0.3, -0.25) is 4.79 Å². The summed E-state index contributed by atoms with van der Waals surface area (Å²) in [6.07, 6.45) is 0.376. The fourth-order valence-corrected chi connectivity index (χ4v) is 1.98. The van der Waals surface area contributed by atoms with Crippen LogP contribution in [0.15, 0.2) is 48.5 Å². The maximum Gasteiger partial charge on any atom is 0.221 e. The van der Waals surface area contributed by atoms with Gasteiger partial charge in [-0.05, 0) is 23.6 Å². The lowest BCUT2D eigenvalue weighted by molar-refractivity contribution is -0.121. The number of hydrogen-bond donors (Lipinski definition) is 2. The first-order chi connectivity index (χ1) is 9.69. The molecule has 3 N–H and O–H groups in total. The van der Waals surface area contributed by atoms with E-state index in [0.29, 0.717) is 19.5 Å². The molecule has 0 radical (unpaired) electrons. The van der Waals surface area contributed by atoms with Gasteiger partial charge >= 0.3 is 0 Å². The number of amides is 1. The molecular weight excluding hydrogens is 248 g/mol. The number of hydrogen-bond acceptors (Lipinski definition) is 2. The molecule has 0 atom stereocenters. The number of carbonyl (C=O) groups excluding carboxylic acids is 1. The van der Waals surface area contributed by atoms with E-state index in [2.05, 4.69) is 48.6 Å². The molecule has 3 heteroatoms. The summed E-state index contributed by atoms with van der Waals surface area (Å²) >= 11 is 0. The molecular formula is C17H20N2O. The van der Waals surface area contributed by atoms with E-state index >= 15 is 0 Å². The van der Waals surface area contributed by atoms with Gasteiger partial charge in [-0.15, -0.1) is 0 Å². The first-order valence-corrected chi connectivity index (χ1v) is 6.82. The Bertz CT molecular complexity index is 559. The predicted octanol–water partition coefficient (Wildman–Crippen LogP) is 2.63. The number of rotatable bonds is 5. The minimum absolute atomic E-state index is 0.00453. The number of benzene rings is 2. The third-order valence-electron chi connectivity index (χ3n) is 3.20. The molecule has 20 heavy (non-hydrogen) atoms. The van der Waals surface area contributed by atoms with Crippen LogP contribution in [0.1, 0.15) is 17.5 Å². The second-order valence-corrected chi connectivity index (χ2v) is 4.88. The van der Waals surface area contributed by atoms with Gasteiger partial charge in [0.05, 0.1) is 0 Å². The molecule has 2 aromatic rings. The van der Waals surface area contributed by atoms with E-state index in [1.165, 1.54) is 16.7 Å². The van der Waals surface area contributed by atoms with Crippen molar-refractivity contribution in [1.29, 1.82) is 0 Å². The first kappa shape index (κ1) is 14.3. The maximum atomic E-state index is 11.3. The average Bonchev–Trinajstić information content (AvgIpc) is 2.47.